The molecular formula is C15H24N2O. The molecule has 3 heteroatoms. The average Bonchev–Trinajstić information content (AvgIpc) is 2.26. The average molecular weight is 248 g/mol. The van der Waals surface area contributed by atoms with Crippen LogP contribution in [0.15, 0.2) is 24.3 Å². The van der Waals surface area contributed by atoms with Crippen molar-refractivity contribution in [3.05, 3.63) is 35.4 Å². The SMILES string of the molecule is CC(C)Cc1ccc(CCC(=O)NN(C)C)cc1. The zero-order valence-corrected chi connectivity index (χ0v) is 11.9. The topological polar surface area (TPSA) is 32.3 Å². The molecule has 1 amide bonds. The molecule has 0 aliphatic carbocycles. The normalized spacial score (nSPS) is 11.0. The molecule has 0 atom stereocenters. The van der Waals surface area contributed by atoms with Crippen molar-refractivity contribution >= 4 is 5.91 Å². The van der Waals surface area contributed by atoms with Crippen molar-refractivity contribution in [2.24, 2.45) is 5.92 Å². The Morgan fingerprint density at radius 1 is 1.17 bits per heavy atom. The number of hydrazine groups is 1. The minimum absolute atomic E-state index is 0.0613. The van der Waals surface area contributed by atoms with Gasteiger partial charge in [0.05, 0.1) is 0 Å². The predicted molar refractivity (Wildman–Crippen MR) is 75.1 cm³/mol. The standard InChI is InChI=1S/C15H24N2O/c1-12(2)11-14-7-5-13(6-8-14)9-10-15(18)16-17(3)4/h5-8,12H,9-11H2,1-4H3,(H,16,18). The summed E-state index contributed by atoms with van der Waals surface area (Å²) < 4.78 is 0. The van der Waals surface area contributed by atoms with Gasteiger partial charge in [-0.25, -0.2) is 5.01 Å². The molecule has 18 heavy (non-hydrogen) atoms. The van der Waals surface area contributed by atoms with Crippen LogP contribution in [0.4, 0.5) is 0 Å². The molecule has 0 aliphatic rings. The van der Waals surface area contributed by atoms with Gasteiger partial charge in [0.1, 0.15) is 0 Å². The van der Waals surface area contributed by atoms with E-state index in [1.807, 2.05) is 14.1 Å². The molecule has 0 heterocycles. The van der Waals surface area contributed by atoms with Crippen molar-refractivity contribution in [2.45, 2.75) is 33.1 Å². The van der Waals surface area contributed by atoms with E-state index in [2.05, 4.69) is 43.5 Å². The number of aryl methyl sites for hydroxylation is 1. The molecule has 1 aromatic carbocycles. The fourth-order valence-electron chi connectivity index (χ4n) is 1.88. The second-order valence-corrected chi connectivity index (χ2v) is 5.34. The van der Waals surface area contributed by atoms with Crippen LogP contribution in [-0.2, 0) is 17.6 Å². The first kappa shape index (κ1) is 14.7. The summed E-state index contributed by atoms with van der Waals surface area (Å²) in [4.78, 5) is 11.5. The van der Waals surface area contributed by atoms with Gasteiger partial charge in [-0.15, -0.1) is 0 Å². The minimum Gasteiger partial charge on any atom is -0.289 e. The van der Waals surface area contributed by atoms with E-state index in [0.29, 0.717) is 12.3 Å². The predicted octanol–water partition coefficient (Wildman–Crippen LogP) is 2.41. The first-order valence-corrected chi connectivity index (χ1v) is 6.52. The summed E-state index contributed by atoms with van der Waals surface area (Å²) in [6.45, 7) is 4.44. The number of amides is 1. The summed E-state index contributed by atoms with van der Waals surface area (Å²) in [7, 11) is 3.64. The zero-order valence-electron chi connectivity index (χ0n) is 11.9. The maximum Gasteiger partial charge on any atom is 0.234 e. The van der Waals surface area contributed by atoms with Gasteiger partial charge in [0.15, 0.2) is 0 Å². The van der Waals surface area contributed by atoms with E-state index in [1.165, 1.54) is 11.1 Å². The second-order valence-electron chi connectivity index (χ2n) is 5.34. The highest BCUT2D eigenvalue weighted by Crippen LogP contribution is 2.11. The van der Waals surface area contributed by atoms with Gasteiger partial charge in [-0.05, 0) is 29.9 Å². The van der Waals surface area contributed by atoms with Crippen molar-refractivity contribution in [1.82, 2.24) is 10.4 Å². The third kappa shape index (κ3) is 5.82. The molecule has 3 nitrogen and oxygen atoms in total. The highest BCUT2D eigenvalue weighted by atomic mass is 16.2. The zero-order chi connectivity index (χ0) is 13.5. The molecule has 1 N–H and O–H groups in total. The van der Waals surface area contributed by atoms with Crippen LogP contribution in [-0.4, -0.2) is 25.0 Å². The van der Waals surface area contributed by atoms with Crippen molar-refractivity contribution in [1.29, 1.82) is 0 Å². The summed E-state index contributed by atoms with van der Waals surface area (Å²) in [6, 6.07) is 8.58. The highest BCUT2D eigenvalue weighted by molar-refractivity contribution is 5.75. The van der Waals surface area contributed by atoms with Gasteiger partial charge in [0, 0.05) is 20.5 Å². The quantitative estimate of drug-likeness (QED) is 0.784. The number of rotatable bonds is 6. The Labute approximate surface area is 110 Å². The molecule has 0 fully saturated rings. The van der Waals surface area contributed by atoms with Gasteiger partial charge in [0.25, 0.3) is 0 Å². The molecule has 1 rings (SSSR count). The van der Waals surface area contributed by atoms with Gasteiger partial charge in [-0.1, -0.05) is 38.1 Å². The van der Waals surface area contributed by atoms with E-state index < -0.39 is 0 Å². The van der Waals surface area contributed by atoms with Gasteiger partial charge >= 0.3 is 0 Å². The van der Waals surface area contributed by atoms with E-state index in [0.717, 1.165) is 12.8 Å². The lowest BCUT2D eigenvalue weighted by molar-refractivity contribution is -0.124. The second kappa shape index (κ2) is 7.17. The van der Waals surface area contributed by atoms with Crippen LogP contribution < -0.4 is 5.43 Å². The minimum atomic E-state index is 0.0613. The van der Waals surface area contributed by atoms with Gasteiger partial charge in [-0.3, -0.25) is 10.2 Å². The summed E-state index contributed by atoms with van der Waals surface area (Å²) in [5, 5.41) is 1.67. The van der Waals surface area contributed by atoms with Crippen LogP contribution in [0.2, 0.25) is 0 Å². The lowest BCUT2D eigenvalue weighted by Gasteiger charge is -2.11. The highest BCUT2D eigenvalue weighted by Gasteiger charge is 2.03. The molecular weight excluding hydrogens is 224 g/mol. The smallest absolute Gasteiger partial charge is 0.234 e. The van der Waals surface area contributed by atoms with E-state index in [4.69, 9.17) is 0 Å². The van der Waals surface area contributed by atoms with E-state index >= 15 is 0 Å². The Morgan fingerprint density at radius 3 is 2.22 bits per heavy atom. The number of nitrogens with zero attached hydrogens (tertiary/aromatic N) is 1. The molecule has 0 spiro atoms. The summed E-state index contributed by atoms with van der Waals surface area (Å²) >= 11 is 0. The fourth-order valence-corrected chi connectivity index (χ4v) is 1.88. The molecule has 0 bridgehead atoms. The maximum atomic E-state index is 11.5. The molecule has 0 saturated heterocycles. The summed E-state index contributed by atoms with van der Waals surface area (Å²) in [5.74, 6) is 0.743. The van der Waals surface area contributed by atoms with Crippen molar-refractivity contribution in [2.75, 3.05) is 14.1 Å². The first-order chi connectivity index (χ1) is 8.47. The Kier molecular flexibility index (Phi) is 5.86. The van der Waals surface area contributed by atoms with Crippen molar-refractivity contribution in [3.8, 4) is 0 Å². The molecule has 0 radical (unpaired) electrons. The fraction of sp³-hybridized carbons (Fsp3) is 0.533. The van der Waals surface area contributed by atoms with Crippen LogP contribution in [0.3, 0.4) is 0 Å². The number of hydrogen-bond acceptors (Lipinski definition) is 2. The molecule has 1 aromatic rings. The number of carbonyl (C=O) groups is 1. The van der Waals surface area contributed by atoms with Crippen LogP contribution in [0, 0.1) is 5.92 Å². The molecule has 100 valence electrons. The lowest BCUT2D eigenvalue weighted by Crippen LogP contribution is -2.36. The number of benzene rings is 1. The number of hydrogen-bond donors (Lipinski definition) is 1. The molecule has 0 aromatic heterocycles. The van der Waals surface area contributed by atoms with Crippen LogP contribution >= 0.6 is 0 Å². The van der Waals surface area contributed by atoms with Gasteiger partial charge in [0.2, 0.25) is 5.91 Å². The van der Waals surface area contributed by atoms with E-state index in [1.54, 1.807) is 5.01 Å². The van der Waals surface area contributed by atoms with E-state index in [9.17, 15) is 4.79 Å². The van der Waals surface area contributed by atoms with Crippen LogP contribution in [0.5, 0.6) is 0 Å². The van der Waals surface area contributed by atoms with Crippen LogP contribution in [0.1, 0.15) is 31.4 Å². The first-order valence-electron chi connectivity index (χ1n) is 6.52. The maximum absolute atomic E-state index is 11.5. The Balaban J connectivity index is 2.41. The third-order valence-electron chi connectivity index (χ3n) is 2.66. The largest absolute Gasteiger partial charge is 0.289 e. The summed E-state index contributed by atoms with van der Waals surface area (Å²) in [6.07, 6.45) is 2.44. The van der Waals surface area contributed by atoms with Crippen LogP contribution in [0.25, 0.3) is 0 Å². The van der Waals surface area contributed by atoms with Crippen molar-refractivity contribution in [3.63, 3.8) is 0 Å². The van der Waals surface area contributed by atoms with Gasteiger partial charge in [-0.2, -0.15) is 0 Å². The molecule has 0 saturated carbocycles. The van der Waals surface area contributed by atoms with Crippen molar-refractivity contribution < 1.29 is 4.79 Å². The van der Waals surface area contributed by atoms with E-state index in [-0.39, 0.29) is 5.91 Å². The Morgan fingerprint density at radius 2 is 1.72 bits per heavy atom. The van der Waals surface area contributed by atoms with Gasteiger partial charge < -0.3 is 0 Å². The molecule has 0 unspecified atom stereocenters. The Bertz CT molecular complexity index is 369. The number of carbonyl (C=O) groups excluding carboxylic acids is 1. The number of nitrogens with one attached hydrogen (secondary N) is 1. The monoisotopic (exact) mass is 248 g/mol. The molecule has 0 aliphatic heterocycles. The summed E-state index contributed by atoms with van der Waals surface area (Å²) in [5.41, 5.74) is 5.33. The Hall–Kier alpha value is -1.35. The third-order valence-corrected chi connectivity index (χ3v) is 2.66. The lowest BCUT2D eigenvalue weighted by atomic mass is 10.0.